The predicted molar refractivity (Wildman–Crippen MR) is 87.3 cm³/mol. The fourth-order valence-electron chi connectivity index (χ4n) is 2.57. The minimum absolute atomic E-state index is 0.0503. The van der Waals surface area contributed by atoms with Crippen molar-refractivity contribution in [3.8, 4) is 0 Å². The van der Waals surface area contributed by atoms with Gasteiger partial charge in [0.05, 0.1) is 25.3 Å². The zero-order chi connectivity index (χ0) is 17.8. The third kappa shape index (κ3) is 4.27. The average molecular weight is 348 g/mol. The summed E-state index contributed by atoms with van der Waals surface area (Å²) in [6.45, 7) is 4.65. The van der Waals surface area contributed by atoms with Crippen molar-refractivity contribution < 1.29 is 18.3 Å². The topological polar surface area (TPSA) is 67.3 Å². The van der Waals surface area contributed by atoms with Crippen LogP contribution in [0.1, 0.15) is 21.9 Å². The number of amides is 1. The van der Waals surface area contributed by atoms with Crippen LogP contribution in [0.3, 0.4) is 0 Å². The molecule has 1 aliphatic rings. The molecule has 0 unspecified atom stereocenters. The number of ether oxygens (including phenoxy) is 1. The number of carbonyl (C=O) groups excluding carboxylic acids is 1. The number of morpholine rings is 1. The Balaban J connectivity index is 1.70. The highest BCUT2D eigenvalue weighted by Gasteiger charge is 2.16. The van der Waals surface area contributed by atoms with E-state index in [4.69, 9.17) is 4.74 Å². The number of nitrogens with one attached hydrogen (secondary N) is 1. The Morgan fingerprint density at radius 3 is 2.72 bits per heavy atom. The van der Waals surface area contributed by atoms with Crippen LogP contribution in [-0.4, -0.2) is 42.2 Å². The minimum atomic E-state index is -0.906. The first-order valence-corrected chi connectivity index (χ1v) is 7.93. The van der Waals surface area contributed by atoms with Gasteiger partial charge in [0.1, 0.15) is 23.3 Å². The van der Waals surface area contributed by atoms with Gasteiger partial charge >= 0.3 is 0 Å². The highest BCUT2D eigenvalue weighted by molar-refractivity contribution is 5.94. The van der Waals surface area contributed by atoms with Crippen LogP contribution >= 0.6 is 0 Å². The van der Waals surface area contributed by atoms with Crippen molar-refractivity contribution in [1.82, 2.24) is 15.3 Å². The van der Waals surface area contributed by atoms with Crippen LogP contribution in [0.5, 0.6) is 0 Å². The number of rotatable bonds is 4. The van der Waals surface area contributed by atoms with Gasteiger partial charge in [0.15, 0.2) is 0 Å². The summed E-state index contributed by atoms with van der Waals surface area (Å²) in [5.74, 6) is -1.08. The number of carbonyl (C=O) groups is 1. The van der Waals surface area contributed by atoms with Crippen LogP contribution in [0.15, 0.2) is 24.3 Å². The molecule has 2 aromatic rings. The van der Waals surface area contributed by atoms with Crippen molar-refractivity contribution in [2.24, 2.45) is 0 Å². The Hall–Kier alpha value is -2.61. The molecule has 0 radical (unpaired) electrons. The lowest BCUT2D eigenvalue weighted by molar-refractivity contribution is 0.0945. The Labute approximate surface area is 143 Å². The average Bonchev–Trinajstić information content (AvgIpc) is 2.60. The molecular formula is C17H18F2N4O2. The van der Waals surface area contributed by atoms with Crippen LogP contribution in [-0.2, 0) is 11.3 Å². The van der Waals surface area contributed by atoms with Gasteiger partial charge in [-0.3, -0.25) is 4.79 Å². The number of halogens is 2. The number of nitrogens with zero attached hydrogens (tertiary/aromatic N) is 3. The second-order valence-corrected chi connectivity index (χ2v) is 5.69. The number of hydrogen-bond acceptors (Lipinski definition) is 5. The van der Waals surface area contributed by atoms with E-state index in [9.17, 15) is 13.6 Å². The predicted octanol–water partition coefficient (Wildman–Crippen LogP) is 1.83. The zero-order valence-electron chi connectivity index (χ0n) is 13.8. The van der Waals surface area contributed by atoms with E-state index >= 15 is 0 Å². The summed E-state index contributed by atoms with van der Waals surface area (Å²) in [4.78, 5) is 22.9. The molecule has 1 fully saturated rings. The maximum atomic E-state index is 13.6. The lowest BCUT2D eigenvalue weighted by Gasteiger charge is -2.28. The highest BCUT2D eigenvalue weighted by Crippen LogP contribution is 2.14. The van der Waals surface area contributed by atoms with E-state index in [0.717, 1.165) is 36.7 Å². The van der Waals surface area contributed by atoms with Gasteiger partial charge in [-0.1, -0.05) is 0 Å². The van der Waals surface area contributed by atoms with Crippen LogP contribution in [0.4, 0.5) is 14.6 Å². The fourth-order valence-corrected chi connectivity index (χ4v) is 2.57. The van der Waals surface area contributed by atoms with E-state index in [-0.39, 0.29) is 12.1 Å². The van der Waals surface area contributed by atoms with E-state index in [1.54, 1.807) is 0 Å². The lowest BCUT2D eigenvalue weighted by atomic mass is 10.2. The van der Waals surface area contributed by atoms with Gasteiger partial charge in [-0.15, -0.1) is 0 Å². The number of hydrogen-bond donors (Lipinski definition) is 1. The molecule has 0 bridgehead atoms. The fraction of sp³-hybridized carbons (Fsp3) is 0.353. The molecule has 1 aromatic carbocycles. The van der Waals surface area contributed by atoms with Gasteiger partial charge in [0.2, 0.25) is 0 Å². The summed E-state index contributed by atoms with van der Waals surface area (Å²) in [6, 6.07) is 4.69. The van der Waals surface area contributed by atoms with Gasteiger partial charge in [-0.05, 0) is 19.1 Å². The monoisotopic (exact) mass is 348 g/mol. The molecule has 8 heteroatoms. The first-order chi connectivity index (χ1) is 12.0. The molecule has 0 aliphatic carbocycles. The van der Waals surface area contributed by atoms with Crippen molar-refractivity contribution in [2.45, 2.75) is 13.5 Å². The second kappa shape index (κ2) is 7.52. The molecule has 25 heavy (non-hydrogen) atoms. The highest BCUT2D eigenvalue weighted by atomic mass is 19.1. The minimum Gasteiger partial charge on any atom is -0.378 e. The van der Waals surface area contributed by atoms with Crippen LogP contribution in [0.2, 0.25) is 0 Å². The normalized spacial score (nSPS) is 14.4. The Bertz CT molecular complexity index is 779. The molecule has 0 atom stereocenters. The molecule has 1 N–H and O–H groups in total. The summed E-state index contributed by atoms with van der Waals surface area (Å²) in [7, 11) is 0. The zero-order valence-corrected chi connectivity index (χ0v) is 13.8. The maximum Gasteiger partial charge on any atom is 0.254 e. The Morgan fingerprint density at radius 1 is 1.24 bits per heavy atom. The number of aryl methyl sites for hydroxylation is 1. The van der Waals surface area contributed by atoms with Gasteiger partial charge in [-0.2, -0.15) is 0 Å². The van der Waals surface area contributed by atoms with Crippen molar-refractivity contribution >= 4 is 11.7 Å². The summed E-state index contributed by atoms with van der Waals surface area (Å²) in [5.41, 5.74) is 0.552. The Morgan fingerprint density at radius 2 is 2.00 bits per heavy atom. The molecular weight excluding hydrogens is 330 g/mol. The van der Waals surface area contributed by atoms with E-state index in [1.165, 1.54) is 0 Å². The molecule has 0 spiro atoms. The van der Waals surface area contributed by atoms with Crippen molar-refractivity contribution in [3.63, 3.8) is 0 Å². The van der Waals surface area contributed by atoms with Crippen LogP contribution in [0, 0.1) is 18.6 Å². The second-order valence-electron chi connectivity index (χ2n) is 5.69. The summed E-state index contributed by atoms with van der Waals surface area (Å²) in [6.07, 6.45) is 0. The number of benzene rings is 1. The number of aromatic nitrogens is 2. The molecule has 1 aliphatic heterocycles. The lowest BCUT2D eigenvalue weighted by Crippen LogP contribution is -2.37. The van der Waals surface area contributed by atoms with E-state index in [2.05, 4.69) is 20.2 Å². The van der Waals surface area contributed by atoms with Crippen LogP contribution in [0.25, 0.3) is 0 Å². The van der Waals surface area contributed by atoms with Crippen molar-refractivity contribution in [3.05, 3.63) is 53.0 Å². The first-order valence-electron chi connectivity index (χ1n) is 7.93. The SMILES string of the molecule is Cc1cc(N2CCOCC2)nc(CNC(=O)c2ccc(F)cc2F)n1. The molecule has 3 rings (SSSR count). The standard InChI is InChI=1S/C17H18F2N4O2/c1-11-8-16(23-4-6-25-7-5-23)22-15(21-11)10-20-17(24)13-3-2-12(18)9-14(13)19/h2-3,8-9H,4-7,10H2,1H3,(H,20,24). The Kier molecular flexibility index (Phi) is 5.18. The van der Waals surface area contributed by atoms with E-state index < -0.39 is 17.5 Å². The largest absolute Gasteiger partial charge is 0.378 e. The third-order valence-corrected chi connectivity index (χ3v) is 3.80. The summed E-state index contributed by atoms with van der Waals surface area (Å²) >= 11 is 0. The van der Waals surface area contributed by atoms with Crippen molar-refractivity contribution in [2.75, 3.05) is 31.2 Å². The van der Waals surface area contributed by atoms with Crippen molar-refractivity contribution in [1.29, 1.82) is 0 Å². The molecule has 1 aromatic heterocycles. The molecule has 1 saturated heterocycles. The summed E-state index contributed by atoms with van der Waals surface area (Å²) in [5, 5.41) is 2.56. The first kappa shape index (κ1) is 17.2. The quantitative estimate of drug-likeness (QED) is 0.913. The van der Waals surface area contributed by atoms with E-state index in [1.807, 2.05) is 13.0 Å². The maximum absolute atomic E-state index is 13.6. The van der Waals surface area contributed by atoms with Gasteiger partial charge < -0.3 is 15.0 Å². The number of anilines is 1. The summed E-state index contributed by atoms with van der Waals surface area (Å²) < 4.78 is 31.9. The molecule has 132 valence electrons. The molecule has 1 amide bonds. The third-order valence-electron chi connectivity index (χ3n) is 3.80. The molecule has 2 heterocycles. The molecule has 6 nitrogen and oxygen atoms in total. The van der Waals surface area contributed by atoms with Crippen LogP contribution < -0.4 is 10.2 Å². The van der Waals surface area contributed by atoms with Gasteiger partial charge in [0.25, 0.3) is 5.91 Å². The smallest absolute Gasteiger partial charge is 0.254 e. The van der Waals surface area contributed by atoms with E-state index in [0.29, 0.717) is 25.1 Å². The molecule has 0 saturated carbocycles. The van der Waals surface area contributed by atoms with Gasteiger partial charge in [0, 0.05) is 30.9 Å². The van der Waals surface area contributed by atoms with Gasteiger partial charge in [-0.25, -0.2) is 18.7 Å².